The largest absolute Gasteiger partial charge is 0.325 e. The van der Waals surface area contributed by atoms with Crippen molar-refractivity contribution in [3.8, 4) is 0 Å². The van der Waals surface area contributed by atoms with E-state index in [1.807, 2.05) is 97.1 Å². The fraction of sp³-hybridized carbons (Fsp3) is 0.179. The number of carbonyl (C=O) groups is 2. The molecule has 6 nitrogen and oxygen atoms in total. The summed E-state index contributed by atoms with van der Waals surface area (Å²) in [5.74, 6) is -0.579. The highest BCUT2D eigenvalue weighted by molar-refractivity contribution is 6.20. The van der Waals surface area contributed by atoms with Gasteiger partial charge in [0.2, 0.25) is 12.1 Å². The van der Waals surface area contributed by atoms with Crippen LogP contribution in [0.4, 0.5) is 5.69 Å². The van der Waals surface area contributed by atoms with E-state index in [1.54, 1.807) is 18.9 Å². The van der Waals surface area contributed by atoms with Gasteiger partial charge >= 0.3 is 0 Å². The van der Waals surface area contributed by atoms with Gasteiger partial charge in [-0.05, 0) is 18.6 Å². The number of anilines is 1. The summed E-state index contributed by atoms with van der Waals surface area (Å²) in [6.45, 7) is 2.29. The highest BCUT2D eigenvalue weighted by atomic mass is 16.2. The Labute approximate surface area is 200 Å². The van der Waals surface area contributed by atoms with Gasteiger partial charge < -0.3 is 15.5 Å². The summed E-state index contributed by atoms with van der Waals surface area (Å²) in [6.07, 6.45) is 2.94. The molecule has 34 heavy (non-hydrogen) atoms. The van der Waals surface area contributed by atoms with Crippen LogP contribution in [0.1, 0.15) is 23.6 Å². The third-order valence-corrected chi connectivity index (χ3v) is 5.71. The zero-order valence-electron chi connectivity index (χ0n) is 19.3. The van der Waals surface area contributed by atoms with Gasteiger partial charge in [0.15, 0.2) is 0 Å². The summed E-state index contributed by atoms with van der Waals surface area (Å²) in [5.41, 5.74) is 4.25. The monoisotopic (exact) mass is 452 g/mol. The molecule has 0 aliphatic carbocycles. The van der Waals surface area contributed by atoms with Crippen LogP contribution >= 0.6 is 0 Å². The molecule has 1 aliphatic heterocycles. The maximum atomic E-state index is 13.2. The number of fused-ring (bicyclic) bond motifs is 1. The number of hydrogen-bond donors (Lipinski definition) is 2. The molecule has 2 amide bonds. The highest BCUT2D eigenvalue weighted by Crippen LogP contribution is 2.27. The van der Waals surface area contributed by atoms with Gasteiger partial charge in [0.1, 0.15) is 0 Å². The van der Waals surface area contributed by atoms with E-state index >= 15 is 0 Å². The van der Waals surface area contributed by atoms with Gasteiger partial charge in [0.05, 0.1) is 17.4 Å². The first kappa shape index (κ1) is 23.1. The van der Waals surface area contributed by atoms with Crippen molar-refractivity contribution in [1.29, 1.82) is 0 Å². The fourth-order valence-electron chi connectivity index (χ4n) is 3.80. The summed E-state index contributed by atoms with van der Waals surface area (Å²) < 4.78 is 0. The Kier molecular flexibility index (Phi) is 7.30. The number of para-hydroxylation sites is 1. The number of aliphatic imine (C=N–C) groups is 1. The molecule has 2 atom stereocenters. The van der Waals surface area contributed by atoms with Crippen molar-refractivity contribution in [3.63, 3.8) is 0 Å². The van der Waals surface area contributed by atoms with Crippen molar-refractivity contribution < 1.29 is 9.59 Å². The zero-order chi connectivity index (χ0) is 23.9. The predicted molar refractivity (Wildman–Crippen MR) is 137 cm³/mol. The summed E-state index contributed by atoms with van der Waals surface area (Å²) in [7, 11) is 1.71. The van der Waals surface area contributed by atoms with Crippen LogP contribution < -0.4 is 15.5 Å². The number of hydrogen-bond acceptors (Lipinski definition) is 4. The molecule has 172 valence electrons. The molecule has 0 bridgehead atoms. The van der Waals surface area contributed by atoms with E-state index in [4.69, 9.17) is 4.99 Å². The van der Waals surface area contributed by atoms with Crippen molar-refractivity contribution >= 4 is 29.3 Å². The van der Waals surface area contributed by atoms with Gasteiger partial charge in [-0.25, -0.2) is 4.99 Å². The molecule has 4 rings (SSSR count). The van der Waals surface area contributed by atoms with Crippen molar-refractivity contribution in [2.75, 3.05) is 18.5 Å². The molecule has 0 unspecified atom stereocenters. The number of benzodiazepines with no additional fused rings is 1. The van der Waals surface area contributed by atoms with Crippen molar-refractivity contribution in [3.05, 3.63) is 108 Å². The Balaban J connectivity index is 1.50. The molecule has 0 radical (unpaired) electrons. The lowest BCUT2D eigenvalue weighted by atomic mass is 10.0. The van der Waals surface area contributed by atoms with Gasteiger partial charge in [-0.2, -0.15) is 0 Å². The Morgan fingerprint density at radius 1 is 1.00 bits per heavy atom. The second kappa shape index (κ2) is 10.7. The number of rotatable bonds is 7. The highest BCUT2D eigenvalue weighted by Gasteiger charge is 2.31. The van der Waals surface area contributed by atoms with Crippen LogP contribution in [0.15, 0.2) is 96.0 Å². The molecule has 0 saturated heterocycles. The van der Waals surface area contributed by atoms with Crippen LogP contribution in [-0.2, 0) is 9.59 Å². The molecule has 3 aromatic rings. The minimum atomic E-state index is -1.02. The van der Waals surface area contributed by atoms with E-state index in [1.165, 1.54) is 0 Å². The van der Waals surface area contributed by atoms with E-state index in [2.05, 4.69) is 10.6 Å². The SMILES string of the molecule is C[C@H](NC/C=C/c1ccccc1)C(=O)N[C@H]1N=C(c2ccccc2)c2ccccc2N(C)C1=O. The lowest BCUT2D eigenvalue weighted by Gasteiger charge is -2.22. The maximum absolute atomic E-state index is 13.2. The Morgan fingerprint density at radius 2 is 1.65 bits per heavy atom. The third kappa shape index (κ3) is 5.30. The van der Waals surface area contributed by atoms with Gasteiger partial charge in [-0.1, -0.05) is 91.0 Å². The lowest BCUT2D eigenvalue weighted by Crippen LogP contribution is -2.51. The Hall–Kier alpha value is -4.03. The quantitative estimate of drug-likeness (QED) is 0.575. The molecule has 1 aliphatic rings. The maximum Gasteiger partial charge on any atom is 0.272 e. The standard InChI is InChI=1S/C28H28N4O2/c1-20(29-19-11-14-21-12-5-3-6-13-21)27(33)31-26-28(34)32(2)24-18-10-9-17-23(24)25(30-26)22-15-7-4-8-16-22/h3-18,20,26,29H,19H2,1-2H3,(H,31,33)/b14-11+/t20-,26+/m0/s1. The molecule has 0 spiro atoms. The third-order valence-electron chi connectivity index (χ3n) is 5.71. The zero-order valence-corrected chi connectivity index (χ0v) is 19.3. The van der Waals surface area contributed by atoms with E-state index in [0.717, 1.165) is 22.4 Å². The molecule has 6 heteroatoms. The first-order valence-electron chi connectivity index (χ1n) is 11.3. The second-order valence-corrected chi connectivity index (χ2v) is 8.11. The summed E-state index contributed by atoms with van der Waals surface area (Å²) in [5, 5.41) is 6.00. The first-order chi connectivity index (χ1) is 16.5. The van der Waals surface area contributed by atoms with E-state index in [-0.39, 0.29) is 11.8 Å². The number of carbonyl (C=O) groups excluding carboxylic acids is 2. The predicted octanol–water partition coefficient (Wildman–Crippen LogP) is 3.63. The van der Waals surface area contributed by atoms with Crippen molar-refractivity contribution in [2.45, 2.75) is 19.1 Å². The lowest BCUT2D eigenvalue weighted by molar-refractivity contribution is -0.128. The summed E-state index contributed by atoms with van der Waals surface area (Å²) in [4.78, 5) is 32.4. The smallest absolute Gasteiger partial charge is 0.272 e. The van der Waals surface area contributed by atoms with Gasteiger partial charge in [0.25, 0.3) is 5.91 Å². The number of nitrogens with zero attached hydrogens (tertiary/aromatic N) is 2. The van der Waals surface area contributed by atoms with Crippen LogP contribution in [-0.4, -0.2) is 43.3 Å². The molecule has 3 aromatic carbocycles. The molecule has 0 saturated carbocycles. The van der Waals surface area contributed by atoms with Crippen LogP contribution in [0.3, 0.4) is 0 Å². The number of likely N-dealkylation sites (N-methyl/N-ethyl adjacent to an activating group) is 1. The average Bonchev–Trinajstić information content (AvgIpc) is 2.98. The van der Waals surface area contributed by atoms with Crippen LogP contribution in [0, 0.1) is 0 Å². The van der Waals surface area contributed by atoms with E-state index in [9.17, 15) is 9.59 Å². The minimum absolute atomic E-state index is 0.289. The average molecular weight is 453 g/mol. The topological polar surface area (TPSA) is 73.8 Å². The number of amides is 2. The van der Waals surface area contributed by atoms with Gasteiger partial charge in [0, 0.05) is 24.7 Å². The Morgan fingerprint density at radius 3 is 2.38 bits per heavy atom. The summed E-state index contributed by atoms with van der Waals surface area (Å²) in [6, 6.07) is 26.8. The van der Waals surface area contributed by atoms with Crippen LogP contribution in [0.25, 0.3) is 6.08 Å². The minimum Gasteiger partial charge on any atom is -0.325 e. The van der Waals surface area contributed by atoms with Gasteiger partial charge in [-0.3, -0.25) is 9.59 Å². The first-order valence-corrected chi connectivity index (χ1v) is 11.3. The molecule has 2 N–H and O–H groups in total. The Bertz CT molecular complexity index is 1210. The fourth-order valence-corrected chi connectivity index (χ4v) is 3.80. The van der Waals surface area contributed by atoms with Gasteiger partial charge in [-0.15, -0.1) is 0 Å². The van der Waals surface area contributed by atoms with Crippen LogP contribution in [0.2, 0.25) is 0 Å². The number of benzene rings is 3. The molecule has 0 fully saturated rings. The summed E-state index contributed by atoms with van der Waals surface area (Å²) >= 11 is 0. The number of nitrogens with one attached hydrogen (secondary N) is 2. The molecular formula is C28H28N4O2. The second-order valence-electron chi connectivity index (χ2n) is 8.11. The van der Waals surface area contributed by atoms with Crippen molar-refractivity contribution in [1.82, 2.24) is 10.6 Å². The molecule has 0 aromatic heterocycles. The normalized spacial score (nSPS) is 16.5. The van der Waals surface area contributed by atoms with E-state index in [0.29, 0.717) is 12.3 Å². The van der Waals surface area contributed by atoms with Crippen LogP contribution in [0.5, 0.6) is 0 Å². The van der Waals surface area contributed by atoms with Crippen molar-refractivity contribution in [2.24, 2.45) is 4.99 Å². The van der Waals surface area contributed by atoms with E-state index < -0.39 is 12.2 Å². The molecular weight excluding hydrogens is 424 g/mol. The molecule has 1 heterocycles.